The molecule has 1 fully saturated rings. The van der Waals surface area contributed by atoms with E-state index in [1.165, 1.54) is 0 Å². The van der Waals surface area contributed by atoms with Gasteiger partial charge in [-0.1, -0.05) is 37.3 Å². The highest BCUT2D eigenvalue weighted by Crippen LogP contribution is 2.19. The van der Waals surface area contributed by atoms with Gasteiger partial charge in [0, 0.05) is 13.2 Å². The lowest BCUT2D eigenvalue weighted by Gasteiger charge is -2.29. The average molecular weight is 350 g/mol. The summed E-state index contributed by atoms with van der Waals surface area (Å²) in [5.74, 6) is -0.323. The van der Waals surface area contributed by atoms with E-state index in [2.05, 4.69) is 10.6 Å². The van der Waals surface area contributed by atoms with E-state index in [9.17, 15) is 4.79 Å². The minimum Gasteiger partial charge on any atom is -0.379 e. The fourth-order valence-electron chi connectivity index (χ4n) is 3.44. The quantitative estimate of drug-likeness (QED) is 0.551. The van der Waals surface area contributed by atoms with E-state index < -0.39 is 0 Å². The number of nitrogens with one attached hydrogen (secondary N) is 2. The molecule has 0 aromatic heterocycles. The topological polar surface area (TPSA) is 79.8 Å². The molecule has 140 valence electrons. The van der Waals surface area contributed by atoms with Gasteiger partial charge in [0.25, 0.3) is 0 Å². The third-order valence-electron chi connectivity index (χ3n) is 4.76. The van der Waals surface area contributed by atoms with Gasteiger partial charge in [-0.2, -0.15) is 0 Å². The maximum Gasteiger partial charge on any atom is 0.225 e. The first-order valence-electron chi connectivity index (χ1n) is 8.94. The number of carbonyl (C=O) groups is 1. The van der Waals surface area contributed by atoms with Crippen LogP contribution in [0.1, 0.15) is 25.3 Å². The number of amides is 1. The highest BCUT2D eigenvalue weighted by molar-refractivity contribution is 5.79. The molecule has 0 radical (unpaired) electrons. The summed E-state index contributed by atoms with van der Waals surface area (Å²) in [4.78, 5) is 12.7. The lowest BCUT2D eigenvalue weighted by Crippen LogP contribution is -2.49. The van der Waals surface area contributed by atoms with E-state index in [-0.39, 0.29) is 43.4 Å². The monoisotopic (exact) mass is 350 g/mol. The van der Waals surface area contributed by atoms with Crippen LogP contribution in [0.15, 0.2) is 30.3 Å². The summed E-state index contributed by atoms with van der Waals surface area (Å²) >= 11 is 0. The summed E-state index contributed by atoms with van der Waals surface area (Å²) in [7, 11) is 1.66. The van der Waals surface area contributed by atoms with Crippen LogP contribution < -0.4 is 10.6 Å². The van der Waals surface area contributed by atoms with Crippen molar-refractivity contribution in [3.63, 3.8) is 0 Å². The highest BCUT2D eigenvalue weighted by Gasteiger charge is 2.33. The van der Waals surface area contributed by atoms with Gasteiger partial charge in [-0.15, -0.1) is 0 Å². The molecule has 25 heavy (non-hydrogen) atoms. The minimum atomic E-state index is -0.358. The van der Waals surface area contributed by atoms with Crippen LogP contribution in [0.5, 0.6) is 0 Å². The SMILES string of the molecule is CO[C@@H]([C@@H]1CCCN1)[C@@H](C)C(=O)N[C@H](COCO)Cc1ccccc1. The Balaban J connectivity index is 1.96. The molecule has 0 spiro atoms. The largest absolute Gasteiger partial charge is 0.379 e. The molecule has 1 aliphatic rings. The molecule has 0 unspecified atom stereocenters. The van der Waals surface area contributed by atoms with E-state index in [0.717, 1.165) is 24.9 Å². The first kappa shape index (κ1) is 19.8. The molecule has 6 nitrogen and oxygen atoms in total. The Kier molecular flexibility index (Phi) is 8.34. The summed E-state index contributed by atoms with van der Waals surface area (Å²) in [6, 6.07) is 9.95. The Bertz CT molecular complexity index is 505. The zero-order chi connectivity index (χ0) is 18.1. The van der Waals surface area contributed by atoms with Crippen LogP contribution in [-0.2, 0) is 20.7 Å². The molecule has 1 saturated heterocycles. The lowest BCUT2D eigenvalue weighted by molar-refractivity contribution is -0.131. The number of aliphatic hydroxyl groups is 1. The van der Waals surface area contributed by atoms with Crippen LogP contribution in [0.4, 0.5) is 0 Å². The predicted molar refractivity (Wildman–Crippen MR) is 96.1 cm³/mol. The Morgan fingerprint density at radius 1 is 1.40 bits per heavy atom. The Morgan fingerprint density at radius 3 is 2.76 bits per heavy atom. The summed E-state index contributed by atoms with van der Waals surface area (Å²) in [5, 5.41) is 15.4. The number of hydrogen-bond donors (Lipinski definition) is 3. The van der Waals surface area contributed by atoms with Gasteiger partial charge in [0.2, 0.25) is 5.91 Å². The smallest absolute Gasteiger partial charge is 0.225 e. The van der Waals surface area contributed by atoms with Crippen molar-refractivity contribution >= 4 is 5.91 Å². The van der Waals surface area contributed by atoms with Gasteiger partial charge >= 0.3 is 0 Å². The molecule has 1 aromatic rings. The van der Waals surface area contributed by atoms with Crippen molar-refractivity contribution < 1.29 is 19.4 Å². The van der Waals surface area contributed by atoms with Crippen LogP contribution in [0.25, 0.3) is 0 Å². The first-order valence-corrected chi connectivity index (χ1v) is 8.94. The zero-order valence-corrected chi connectivity index (χ0v) is 15.1. The van der Waals surface area contributed by atoms with Crippen molar-refractivity contribution in [2.24, 2.45) is 5.92 Å². The van der Waals surface area contributed by atoms with Gasteiger partial charge in [-0.05, 0) is 31.4 Å². The molecule has 1 aliphatic heterocycles. The van der Waals surface area contributed by atoms with E-state index >= 15 is 0 Å². The second-order valence-corrected chi connectivity index (χ2v) is 6.59. The van der Waals surface area contributed by atoms with Crippen LogP contribution in [-0.4, -0.2) is 56.3 Å². The van der Waals surface area contributed by atoms with Gasteiger partial charge < -0.3 is 25.2 Å². The molecule has 0 bridgehead atoms. The molecule has 6 heteroatoms. The summed E-state index contributed by atoms with van der Waals surface area (Å²) in [6.45, 7) is 2.78. The predicted octanol–water partition coefficient (Wildman–Crippen LogP) is 1.08. The second-order valence-electron chi connectivity index (χ2n) is 6.59. The van der Waals surface area contributed by atoms with Crippen LogP contribution in [0.2, 0.25) is 0 Å². The molecule has 0 saturated carbocycles. The van der Waals surface area contributed by atoms with Gasteiger partial charge in [0.05, 0.1) is 24.7 Å². The summed E-state index contributed by atoms with van der Waals surface area (Å²) in [6.07, 6.45) is 2.63. The van der Waals surface area contributed by atoms with Gasteiger partial charge in [-0.3, -0.25) is 4.79 Å². The van der Waals surface area contributed by atoms with Crippen LogP contribution in [0, 0.1) is 5.92 Å². The number of carbonyl (C=O) groups excluding carboxylic acids is 1. The third kappa shape index (κ3) is 6.08. The van der Waals surface area contributed by atoms with Crippen LogP contribution >= 0.6 is 0 Å². The summed E-state index contributed by atoms with van der Waals surface area (Å²) < 4.78 is 10.7. The maximum atomic E-state index is 12.7. The van der Waals surface area contributed by atoms with Crippen molar-refractivity contribution in [2.45, 2.75) is 44.4 Å². The molecule has 1 amide bonds. The fourth-order valence-corrected chi connectivity index (χ4v) is 3.44. The van der Waals surface area contributed by atoms with Gasteiger partial charge in [0.1, 0.15) is 6.79 Å². The number of benzene rings is 1. The Morgan fingerprint density at radius 2 is 2.16 bits per heavy atom. The molecular weight excluding hydrogens is 320 g/mol. The molecular formula is C19H30N2O4. The molecule has 0 aliphatic carbocycles. The number of rotatable bonds is 10. The molecule has 2 rings (SSSR count). The van der Waals surface area contributed by atoms with Crippen molar-refractivity contribution in [3.8, 4) is 0 Å². The Hall–Kier alpha value is -1.47. The van der Waals surface area contributed by atoms with E-state index in [1.807, 2.05) is 37.3 Å². The average Bonchev–Trinajstić information content (AvgIpc) is 3.15. The maximum absolute atomic E-state index is 12.7. The molecule has 1 heterocycles. The second kappa shape index (κ2) is 10.5. The van der Waals surface area contributed by atoms with Crippen molar-refractivity contribution in [1.82, 2.24) is 10.6 Å². The van der Waals surface area contributed by atoms with E-state index in [0.29, 0.717) is 6.42 Å². The number of hydrogen-bond acceptors (Lipinski definition) is 5. The van der Waals surface area contributed by atoms with Crippen molar-refractivity contribution in [1.29, 1.82) is 0 Å². The lowest BCUT2D eigenvalue weighted by atomic mass is 9.95. The third-order valence-corrected chi connectivity index (χ3v) is 4.76. The summed E-state index contributed by atoms with van der Waals surface area (Å²) in [5.41, 5.74) is 1.11. The fraction of sp³-hybridized carbons (Fsp3) is 0.632. The first-order chi connectivity index (χ1) is 12.2. The van der Waals surface area contributed by atoms with Gasteiger partial charge in [-0.25, -0.2) is 0 Å². The number of methoxy groups -OCH3 is 1. The number of ether oxygens (including phenoxy) is 2. The molecule has 3 N–H and O–H groups in total. The standard InChI is InChI=1S/C19H30N2O4/c1-14(18(24-2)17-9-6-10-20-17)19(23)21-16(12-25-13-22)11-15-7-4-3-5-8-15/h3-5,7-8,14,16-18,20,22H,6,9-13H2,1-2H3,(H,21,23)/t14-,16+,17+,18-/m1/s1. The van der Waals surface area contributed by atoms with E-state index in [4.69, 9.17) is 14.6 Å². The normalized spacial score (nSPS) is 20.8. The zero-order valence-electron chi connectivity index (χ0n) is 15.1. The van der Waals surface area contributed by atoms with Crippen molar-refractivity contribution in [2.75, 3.05) is 27.1 Å². The Labute approximate surface area is 149 Å². The highest BCUT2D eigenvalue weighted by atomic mass is 16.6. The number of aliphatic hydroxyl groups excluding tert-OH is 1. The minimum absolute atomic E-state index is 0.0528. The van der Waals surface area contributed by atoms with E-state index in [1.54, 1.807) is 7.11 Å². The van der Waals surface area contributed by atoms with Gasteiger partial charge in [0.15, 0.2) is 0 Å². The molecule has 1 aromatic carbocycles. The molecule has 4 atom stereocenters. The van der Waals surface area contributed by atoms with Crippen molar-refractivity contribution in [3.05, 3.63) is 35.9 Å². The van der Waals surface area contributed by atoms with Crippen LogP contribution in [0.3, 0.4) is 0 Å².